The van der Waals surface area contributed by atoms with E-state index in [2.05, 4.69) is 19.2 Å². The lowest BCUT2D eigenvalue weighted by molar-refractivity contribution is 0.118. The van der Waals surface area contributed by atoms with Crippen molar-refractivity contribution in [2.45, 2.75) is 13.8 Å². The molecule has 0 aliphatic carbocycles. The Labute approximate surface area is 97.8 Å². The van der Waals surface area contributed by atoms with Gasteiger partial charge < -0.3 is 14.8 Å². The fraction of sp³-hybridized carbons (Fsp3) is 0.538. The van der Waals surface area contributed by atoms with Gasteiger partial charge in [-0.2, -0.15) is 0 Å². The van der Waals surface area contributed by atoms with Crippen molar-refractivity contribution >= 4 is 5.69 Å². The predicted octanol–water partition coefficient (Wildman–Crippen LogP) is 2.78. The Kier molecular flexibility index (Phi) is 5.72. The summed E-state index contributed by atoms with van der Waals surface area (Å²) in [4.78, 5) is 0. The molecule has 0 unspecified atom stereocenters. The fourth-order valence-electron chi connectivity index (χ4n) is 1.37. The molecule has 1 N–H and O–H groups in total. The van der Waals surface area contributed by atoms with Crippen molar-refractivity contribution in [3.05, 3.63) is 24.3 Å². The summed E-state index contributed by atoms with van der Waals surface area (Å²) >= 11 is 0. The number of hydrogen-bond donors (Lipinski definition) is 1. The van der Waals surface area contributed by atoms with E-state index in [1.165, 1.54) is 0 Å². The van der Waals surface area contributed by atoms with Gasteiger partial charge in [0.1, 0.15) is 5.75 Å². The number of anilines is 1. The van der Waals surface area contributed by atoms with Crippen LogP contribution in [0.4, 0.5) is 5.69 Å². The van der Waals surface area contributed by atoms with Gasteiger partial charge in [-0.1, -0.05) is 26.0 Å². The Hall–Kier alpha value is -1.22. The van der Waals surface area contributed by atoms with Crippen LogP contribution in [0.5, 0.6) is 5.75 Å². The van der Waals surface area contributed by atoms with E-state index < -0.39 is 0 Å². The number of benzene rings is 1. The third kappa shape index (κ3) is 4.53. The van der Waals surface area contributed by atoms with Gasteiger partial charge in [-0.25, -0.2) is 0 Å². The van der Waals surface area contributed by atoms with E-state index in [1.807, 2.05) is 24.3 Å². The van der Waals surface area contributed by atoms with Crippen molar-refractivity contribution in [3.8, 4) is 5.75 Å². The second-order valence-electron chi connectivity index (χ2n) is 4.10. The van der Waals surface area contributed by atoms with E-state index in [9.17, 15) is 0 Å². The standard InChI is InChI=1S/C13H21NO2/c1-11(2)10-16-9-8-14-12-6-4-5-7-13(12)15-3/h4-7,11,14H,8-10H2,1-3H3. The summed E-state index contributed by atoms with van der Waals surface area (Å²) in [5.41, 5.74) is 1.01. The lowest BCUT2D eigenvalue weighted by atomic mass is 10.2. The zero-order valence-electron chi connectivity index (χ0n) is 10.3. The number of rotatable bonds is 7. The number of ether oxygens (including phenoxy) is 2. The van der Waals surface area contributed by atoms with Crippen LogP contribution in [0.1, 0.15) is 13.8 Å². The largest absolute Gasteiger partial charge is 0.495 e. The molecule has 1 rings (SSSR count). The third-order valence-corrected chi connectivity index (χ3v) is 2.12. The van der Waals surface area contributed by atoms with Crippen LogP contribution >= 0.6 is 0 Å². The molecule has 0 bridgehead atoms. The second-order valence-corrected chi connectivity index (χ2v) is 4.10. The molecule has 0 spiro atoms. The zero-order valence-corrected chi connectivity index (χ0v) is 10.3. The summed E-state index contributed by atoms with van der Waals surface area (Å²) in [6, 6.07) is 7.89. The minimum atomic E-state index is 0.589. The summed E-state index contributed by atoms with van der Waals surface area (Å²) in [5, 5.41) is 3.29. The number of para-hydroxylation sites is 2. The summed E-state index contributed by atoms with van der Waals surface area (Å²) < 4.78 is 10.7. The lowest BCUT2D eigenvalue weighted by Crippen LogP contribution is -2.12. The normalized spacial score (nSPS) is 10.5. The molecule has 0 aliphatic rings. The average Bonchev–Trinajstić information content (AvgIpc) is 2.29. The van der Waals surface area contributed by atoms with E-state index >= 15 is 0 Å². The van der Waals surface area contributed by atoms with Gasteiger partial charge in [0, 0.05) is 13.2 Å². The number of nitrogens with one attached hydrogen (secondary N) is 1. The highest BCUT2D eigenvalue weighted by molar-refractivity contribution is 5.55. The van der Waals surface area contributed by atoms with Gasteiger partial charge in [-0.15, -0.1) is 0 Å². The van der Waals surface area contributed by atoms with Gasteiger partial charge in [0.05, 0.1) is 19.4 Å². The molecule has 0 aliphatic heterocycles. The van der Waals surface area contributed by atoms with Gasteiger partial charge in [-0.05, 0) is 18.1 Å². The van der Waals surface area contributed by atoms with Gasteiger partial charge in [-0.3, -0.25) is 0 Å². The van der Waals surface area contributed by atoms with Gasteiger partial charge >= 0.3 is 0 Å². The van der Waals surface area contributed by atoms with Crippen LogP contribution < -0.4 is 10.1 Å². The first kappa shape index (κ1) is 12.8. The molecule has 3 heteroatoms. The van der Waals surface area contributed by atoms with Crippen LogP contribution in [0, 0.1) is 5.92 Å². The molecular weight excluding hydrogens is 202 g/mol. The molecule has 0 amide bonds. The molecule has 1 aromatic carbocycles. The Morgan fingerprint density at radius 1 is 1.25 bits per heavy atom. The molecule has 0 heterocycles. The molecule has 0 aromatic heterocycles. The molecule has 16 heavy (non-hydrogen) atoms. The Balaban J connectivity index is 2.26. The van der Waals surface area contributed by atoms with E-state index in [4.69, 9.17) is 9.47 Å². The van der Waals surface area contributed by atoms with Crippen LogP contribution in [-0.4, -0.2) is 26.9 Å². The molecular formula is C13H21NO2. The first-order chi connectivity index (χ1) is 7.74. The van der Waals surface area contributed by atoms with Gasteiger partial charge in [0.15, 0.2) is 0 Å². The van der Waals surface area contributed by atoms with Crippen molar-refractivity contribution in [2.24, 2.45) is 5.92 Å². The van der Waals surface area contributed by atoms with Crippen LogP contribution in [0.3, 0.4) is 0 Å². The summed E-state index contributed by atoms with van der Waals surface area (Å²) in [6.45, 7) is 6.62. The molecule has 0 fully saturated rings. The van der Waals surface area contributed by atoms with Gasteiger partial charge in [0.2, 0.25) is 0 Å². The molecule has 1 aromatic rings. The minimum Gasteiger partial charge on any atom is -0.495 e. The van der Waals surface area contributed by atoms with E-state index in [0.29, 0.717) is 5.92 Å². The van der Waals surface area contributed by atoms with E-state index in [-0.39, 0.29) is 0 Å². The van der Waals surface area contributed by atoms with Crippen molar-refractivity contribution in [2.75, 3.05) is 32.2 Å². The van der Waals surface area contributed by atoms with Gasteiger partial charge in [0.25, 0.3) is 0 Å². The number of methoxy groups -OCH3 is 1. The first-order valence-electron chi connectivity index (χ1n) is 5.68. The SMILES string of the molecule is COc1ccccc1NCCOCC(C)C. The maximum absolute atomic E-state index is 5.49. The predicted molar refractivity (Wildman–Crippen MR) is 67.1 cm³/mol. The molecule has 0 radical (unpaired) electrons. The van der Waals surface area contributed by atoms with Crippen LogP contribution in [0.15, 0.2) is 24.3 Å². The highest BCUT2D eigenvalue weighted by Crippen LogP contribution is 2.22. The second kappa shape index (κ2) is 7.12. The highest BCUT2D eigenvalue weighted by Gasteiger charge is 1.99. The lowest BCUT2D eigenvalue weighted by Gasteiger charge is -2.11. The number of hydrogen-bond acceptors (Lipinski definition) is 3. The maximum Gasteiger partial charge on any atom is 0.141 e. The quantitative estimate of drug-likeness (QED) is 0.721. The van der Waals surface area contributed by atoms with Crippen LogP contribution in [-0.2, 0) is 4.74 Å². The van der Waals surface area contributed by atoms with Crippen molar-refractivity contribution in [1.82, 2.24) is 0 Å². The fourth-order valence-corrected chi connectivity index (χ4v) is 1.37. The molecule has 90 valence electrons. The van der Waals surface area contributed by atoms with Crippen molar-refractivity contribution < 1.29 is 9.47 Å². The van der Waals surface area contributed by atoms with Crippen molar-refractivity contribution in [3.63, 3.8) is 0 Å². The third-order valence-electron chi connectivity index (χ3n) is 2.12. The minimum absolute atomic E-state index is 0.589. The summed E-state index contributed by atoms with van der Waals surface area (Å²) in [6.07, 6.45) is 0. The maximum atomic E-state index is 5.49. The van der Waals surface area contributed by atoms with E-state index in [0.717, 1.165) is 31.2 Å². The van der Waals surface area contributed by atoms with Crippen molar-refractivity contribution in [1.29, 1.82) is 0 Å². The van der Waals surface area contributed by atoms with Crippen LogP contribution in [0.2, 0.25) is 0 Å². The Bertz CT molecular complexity index is 300. The Morgan fingerprint density at radius 3 is 2.69 bits per heavy atom. The zero-order chi connectivity index (χ0) is 11.8. The first-order valence-corrected chi connectivity index (χ1v) is 5.68. The molecule has 0 atom stereocenters. The van der Waals surface area contributed by atoms with E-state index in [1.54, 1.807) is 7.11 Å². The average molecular weight is 223 g/mol. The Morgan fingerprint density at radius 2 is 2.00 bits per heavy atom. The topological polar surface area (TPSA) is 30.5 Å². The summed E-state index contributed by atoms with van der Waals surface area (Å²) in [7, 11) is 1.68. The highest BCUT2D eigenvalue weighted by atomic mass is 16.5. The van der Waals surface area contributed by atoms with Crippen LogP contribution in [0.25, 0.3) is 0 Å². The smallest absolute Gasteiger partial charge is 0.141 e. The molecule has 0 saturated carbocycles. The summed E-state index contributed by atoms with van der Waals surface area (Å²) in [5.74, 6) is 1.46. The monoisotopic (exact) mass is 223 g/mol. The molecule has 3 nitrogen and oxygen atoms in total. The molecule has 0 saturated heterocycles.